The van der Waals surface area contributed by atoms with Crippen LogP contribution < -0.4 is 10.6 Å². The first-order valence-electron chi connectivity index (χ1n) is 6.29. The minimum absolute atomic E-state index is 0.00694. The van der Waals surface area contributed by atoms with Gasteiger partial charge in [-0.1, -0.05) is 29.8 Å². The Morgan fingerprint density at radius 2 is 1.79 bits per heavy atom. The largest absolute Gasteiger partial charge is 0.355 e. The molecule has 5 heteroatoms. The zero-order valence-corrected chi connectivity index (χ0v) is 12.8. The van der Waals surface area contributed by atoms with Gasteiger partial charge in [-0.25, -0.2) is 0 Å². The summed E-state index contributed by atoms with van der Waals surface area (Å²) in [5.74, 6) is 0.148. The summed E-state index contributed by atoms with van der Waals surface area (Å²) in [6, 6.07) is 6.99. The number of rotatable bonds is 6. The van der Waals surface area contributed by atoms with Gasteiger partial charge in [0.2, 0.25) is 5.91 Å². The summed E-state index contributed by atoms with van der Waals surface area (Å²) in [6.45, 7) is 4.85. The number of carbonyl (C=O) groups excluding carboxylic acids is 2. The number of benzene rings is 1. The van der Waals surface area contributed by atoms with E-state index in [0.29, 0.717) is 18.0 Å². The fourth-order valence-electron chi connectivity index (χ4n) is 1.43. The molecule has 0 fully saturated rings. The minimum atomic E-state index is -0.244. The first-order chi connectivity index (χ1) is 8.99. The molecule has 2 N–H and O–H groups in total. The van der Waals surface area contributed by atoms with E-state index in [1.165, 1.54) is 0 Å². The maximum Gasteiger partial charge on any atom is 0.251 e. The molecule has 19 heavy (non-hydrogen) atoms. The highest BCUT2D eigenvalue weighted by Crippen LogP contribution is 2.10. The lowest BCUT2D eigenvalue weighted by Crippen LogP contribution is -2.37. The van der Waals surface area contributed by atoms with Crippen molar-refractivity contribution >= 4 is 27.7 Å². The van der Waals surface area contributed by atoms with E-state index >= 15 is 0 Å². The van der Waals surface area contributed by atoms with E-state index in [0.717, 1.165) is 10.9 Å². The fraction of sp³-hybridized carbons (Fsp3) is 0.429. The number of hydrogen-bond donors (Lipinski definition) is 2. The second-order valence-electron chi connectivity index (χ2n) is 4.72. The molecule has 1 aromatic carbocycles. The smallest absolute Gasteiger partial charge is 0.251 e. The van der Waals surface area contributed by atoms with Crippen molar-refractivity contribution in [2.45, 2.75) is 20.3 Å². The van der Waals surface area contributed by atoms with Crippen molar-refractivity contribution < 1.29 is 9.59 Å². The van der Waals surface area contributed by atoms with Crippen LogP contribution in [0.5, 0.6) is 0 Å². The average Bonchev–Trinajstić information content (AvgIpc) is 2.36. The molecule has 0 saturated heterocycles. The van der Waals surface area contributed by atoms with Gasteiger partial charge in [-0.15, -0.1) is 0 Å². The summed E-state index contributed by atoms with van der Waals surface area (Å²) in [4.78, 5) is 23.2. The lowest BCUT2D eigenvalue weighted by Gasteiger charge is -2.08. The average molecular weight is 327 g/mol. The van der Waals surface area contributed by atoms with Crippen LogP contribution in [0, 0.1) is 5.92 Å². The third-order valence-electron chi connectivity index (χ3n) is 2.56. The van der Waals surface area contributed by atoms with Crippen LogP contribution in [0.15, 0.2) is 28.7 Å². The fourth-order valence-corrected chi connectivity index (χ4v) is 1.69. The molecule has 1 rings (SSSR count). The van der Waals surface area contributed by atoms with Crippen molar-refractivity contribution in [2.75, 3.05) is 13.1 Å². The minimum Gasteiger partial charge on any atom is -0.355 e. The second-order valence-corrected chi connectivity index (χ2v) is 5.64. The van der Waals surface area contributed by atoms with Crippen molar-refractivity contribution in [1.82, 2.24) is 10.6 Å². The Bertz CT molecular complexity index is 430. The van der Waals surface area contributed by atoms with Crippen LogP contribution in [0.1, 0.15) is 30.6 Å². The number of hydrogen-bond acceptors (Lipinski definition) is 2. The molecule has 0 saturated carbocycles. The summed E-state index contributed by atoms with van der Waals surface area (Å²) in [6.07, 6.45) is 0.937. The molecule has 0 bridgehead atoms. The Morgan fingerprint density at radius 3 is 2.37 bits per heavy atom. The molecule has 0 aliphatic heterocycles. The molecular weight excluding hydrogens is 308 g/mol. The monoisotopic (exact) mass is 326 g/mol. The molecule has 0 aliphatic rings. The van der Waals surface area contributed by atoms with Crippen molar-refractivity contribution in [3.63, 3.8) is 0 Å². The van der Waals surface area contributed by atoms with Crippen molar-refractivity contribution in [3.8, 4) is 0 Å². The SMILES string of the molecule is CC(C)CCNC(=O)CNC(=O)c1ccc(Br)cc1. The highest BCUT2D eigenvalue weighted by Gasteiger charge is 2.07. The summed E-state index contributed by atoms with van der Waals surface area (Å²) in [5, 5.41) is 5.36. The first-order valence-corrected chi connectivity index (χ1v) is 7.09. The van der Waals surface area contributed by atoms with Crippen molar-refractivity contribution in [2.24, 2.45) is 5.92 Å². The second kappa shape index (κ2) is 7.94. The molecule has 0 unspecified atom stereocenters. The topological polar surface area (TPSA) is 58.2 Å². The van der Waals surface area contributed by atoms with Crippen LogP contribution in [0.25, 0.3) is 0 Å². The third-order valence-corrected chi connectivity index (χ3v) is 3.09. The summed E-state index contributed by atoms with van der Waals surface area (Å²) >= 11 is 3.30. The van der Waals surface area contributed by atoms with Crippen LogP contribution in [0.4, 0.5) is 0 Å². The normalized spacial score (nSPS) is 10.3. The van der Waals surface area contributed by atoms with Crippen molar-refractivity contribution in [1.29, 1.82) is 0 Å². The first kappa shape index (κ1) is 15.7. The maximum absolute atomic E-state index is 11.7. The lowest BCUT2D eigenvalue weighted by atomic mass is 10.1. The van der Waals surface area contributed by atoms with E-state index in [1.54, 1.807) is 24.3 Å². The number of amides is 2. The Hall–Kier alpha value is -1.36. The van der Waals surface area contributed by atoms with Crippen LogP contribution >= 0.6 is 15.9 Å². The van der Waals surface area contributed by atoms with Crippen LogP contribution in [-0.4, -0.2) is 24.9 Å². The molecule has 0 heterocycles. The van der Waals surface area contributed by atoms with Gasteiger partial charge in [0.25, 0.3) is 5.91 Å². The Balaban J connectivity index is 2.30. The Labute approximate surface area is 122 Å². The molecule has 0 aromatic heterocycles. The van der Waals surface area contributed by atoms with Gasteiger partial charge in [-0.3, -0.25) is 9.59 Å². The van der Waals surface area contributed by atoms with Gasteiger partial charge in [-0.05, 0) is 36.6 Å². The van der Waals surface area contributed by atoms with Gasteiger partial charge in [0.15, 0.2) is 0 Å². The zero-order valence-electron chi connectivity index (χ0n) is 11.2. The van der Waals surface area contributed by atoms with Gasteiger partial charge in [0.1, 0.15) is 0 Å². The summed E-state index contributed by atoms with van der Waals surface area (Å²) in [7, 11) is 0. The number of carbonyl (C=O) groups is 2. The third kappa shape index (κ3) is 6.38. The number of nitrogens with one attached hydrogen (secondary N) is 2. The molecular formula is C14H19BrN2O2. The van der Waals surface area contributed by atoms with Crippen LogP contribution in [0.2, 0.25) is 0 Å². The van der Waals surface area contributed by atoms with E-state index in [1.807, 2.05) is 0 Å². The van der Waals surface area contributed by atoms with Gasteiger partial charge in [-0.2, -0.15) is 0 Å². The van der Waals surface area contributed by atoms with E-state index in [4.69, 9.17) is 0 Å². The molecule has 0 aliphatic carbocycles. The molecule has 0 atom stereocenters. The molecule has 0 spiro atoms. The van der Waals surface area contributed by atoms with Crippen LogP contribution in [-0.2, 0) is 4.79 Å². The van der Waals surface area contributed by atoms with E-state index in [2.05, 4.69) is 40.4 Å². The quantitative estimate of drug-likeness (QED) is 0.843. The predicted molar refractivity (Wildman–Crippen MR) is 78.9 cm³/mol. The summed E-state index contributed by atoms with van der Waals surface area (Å²) < 4.78 is 0.912. The van der Waals surface area contributed by atoms with Gasteiger partial charge in [0.05, 0.1) is 6.54 Å². The van der Waals surface area contributed by atoms with E-state index in [9.17, 15) is 9.59 Å². The highest BCUT2D eigenvalue weighted by molar-refractivity contribution is 9.10. The van der Waals surface area contributed by atoms with Gasteiger partial charge >= 0.3 is 0 Å². The molecule has 0 radical (unpaired) electrons. The maximum atomic E-state index is 11.7. The highest BCUT2D eigenvalue weighted by atomic mass is 79.9. The standard InChI is InChI=1S/C14H19BrN2O2/c1-10(2)7-8-16-13(18)9-17-14(19)11-3-5-12(15)6-4-11/h3-6,10H,7-9H2,1-2H3,(H,16,18)(H,17,19). The molecule has 2 amide bonds. The van der Waals surface area contributed by atoms with E-state index in [-0.39, 0.29) is 18.4 Å². The summed E-state index contributed by atoms with van der Waals surface area (Å²) in [5.41, 5.74) is 0.540. The molecule has 1 aromatic rings. The Morgan fingerprint density at radius 1 is 1.16 bits per heavy atom. The van der Waals surface area contributed by atoms with Gasteiger partial charge < -0.3 is 10.6 Å². The predicted octanol–water partition coefficient (Wildman–Crippen LogP) is 2.34. The van der Waals surface area contributed by atoms with E-state index < -0.39 is 0 Å². The van der Waals surface area contributed by atoms with Gasteiger partial charge in [0, 0.05) is 16.6 Å². The Kier molecular flexibility index (Phi) is 6.56. The zero-order chi connectivity index (χ0) is 14.3. The number of halogens is 1. The lowest BCUT2D eigenvalue weighted by molar-refractivity contribution is -0.120. The van der Waals surface area contributed by atoms with Crippen LogP contribution in [0.3, 0.4) is 0 Å². The molecule has 4 nitrogen and oxygen atoms in total. The van der Waals surface area contributed by atoms with Crippen molar-refractivity contribution in [3.05, 3.63) is 34.3 Å². The molecule has 104 valence electrons.